The molecule has 7 heteroatoms. The number of halogens is 2. The van der Waals surface area contributed by atoms with Crippen molar-refractivity contribution in [2.75, 3.05) is 5.32 Å². The van der Waals surface area contributed by atoms with Gasteiger partial charge in [0, 0.05) is 10.8 Å². The van der Waals surface area contributed by atoms with Crippen molar-refractivity contribution in [2.24, 2.45) is 0 Å². The molecule has 4 aromatic rings. The summed E-state index contributed by atoms with van der Waals surface area (Å²) in [6.45, 7) is 0. The third-order valence-corrected chi connectivity index (χ3v) is 4.65. The number of hydrogen-bond acceptors (Lipinski definition) is 4. The van der Waals surface area contributed by atoms with Crippen LogP contribution >= 0.6 is 22.9 Å². The lowest BCUT2D eigenvalue weighted by Crippen LogP contribution is -2.12. The van der Waals surface area contributed by atoms with Gasteiger partial charge in [-0.25, -0.2) is 9.37 Å². The lowest BCUT2D eigenvalue weighted by molar-refractivity contribution is 0.102. The number of hydrogen-bond donors (Lipinski definition) is 1. The summed E-state index contributed by atoms with van der Waals surface area (Å²) >= 11 is 7.17. The van der Waals surface area contributed by atoms with Gasteiger partial charge in [0.25, 0.3) is 5.91 Å². The maximum Gasteiger partial charge on any atom is 0.258 e. The van der Waals surface area contributed by atoms with Crippen LogP contribution in [0.3, 0.4) is 0 Å². The van der Waals surface area contributed by atoms with Crippen LogP contribution in [0.15, 0.2) is 58.3 Å². The number of amides is 1. The van der Waals surface area contributed by atoms with Crippen LogP contribution in [0.5, 0.6) is 0 Å². The number of carbonyl (C=O) groups excluding carboxylic acids is 1. The van der Waals surface area contributed by atoms with Gasteiger partial charge in [0.1, 0.15) is 17.1 Å². The first kappa shape index (κ1) is 15.8. The van der Waals surface area contributed by atoms with Gasteiger partial charge in [0.15, 0.2) is 10.9 Å². The maximum absolute atomic E-state index is 13.1. The molecular formula is C18H10ClFN2O2S. The molecule has 0 bridgehead atoms. The molecule has 0 fully saturated rings. The summed E-state index contributed by atoms with van der Waals surface area (Å²) in [5.74, 6) is -0.323. The van der Waals surface area contributed by atoms with Crippen LogP contribution < -0.4 is 5.32 Å². The molecule has 4 rings (SSSR count). The second-order valence-electron chi connectivity index (χ2n) is 5.26. The minimum absolute atomic E-state index is 0.0477. The SMILES string of the molecule is O=C(Nc1nc(-c2cc3ccccc3o2)cs1)c1ccc(F)cc1Cl. The number of furan rings is 1. The van der Waals surface area contributed by atoms with E-state index in [-0.39, 0.29) is 10.6 Å². The van der Waals surface area contributed by atoms with Gasteiger partial charge in [-0.05, 0) is 30.3 Å². The predicted octanol–water partition coefficient (Wildman–Crippen LogP) is 5.60. The molecule has 2 heterocycles. The molecule has 2 aromatic carbocycles. The Balaban J connectivity index is 1.57. The van der Waals surface area contributed by atoms with Crippen LogP contribution in [-0.4, -0.2) is 10.9 Å². The summed E-state index contributed by atoms with van der Waals surface area (Å²) < 4.78 is 18.8. The average Bonchev–Trinajstić information content (AvgIpc) is 3.20. The second kappa shape index (κ2) is 6.31. The summed E-state index contributed by atoms with van der Waals surface area (Å²) in [7, 11) is 0. The Morgan fingerprint density at radius 2 is 2.04 bits per heavy atom. The molecule has 0 aliphatic carbocycles. The molecule has 25 heavy (non-hydrogen) atoms. The molecule has 2 aromatic heterocycles. The van der Waals surface area contributed by atoms with Gasteiger partial charge in [-0.1, -0.05) is 29.8 Å². The average molecular weight is 373 g/mol. The number of fused-ring (bicyclic) bond motifs is 1. The van der Waals surface area contributed by atoms with Crippen LogP contribution in [0.4, 0.5) is 9.52 Å². The first-order valence-electron chi connectivity index (χ1n) is 7.31. The Bertz CT molecular complexity index is 1060. The van der Waals surface area contributed by atoms with Gasteiger partial charge < -0.3 is 4.42 Å². The molecule has 0 aliphatic rings. The number of thiazole rings is 1. The Morgan fingerprint density at radius 3 is 2.84 bits per heavy atom. The van der Waals surface area contributed by atoms with Gasteiger partial charge in [-0.3, -0.25) is 10.1 Å². The molecule has 4 nitrogen and oxygen atoms in total. The van der Waals surface area contributed by atoms with Crippen molar-refractivity contribution < 1.29 is 13.6 Å². The quantitative estimate of drug-likeness (QED) is 0.509. The number of rotatable bonds is 3. The van der Waals surface area contributed by atoms with E-state index in [1.54, 1.807) is 5.38 Å². The van der Waals surface area contributed by atoms with Crippen molar-refractivity contribution in [3.05, 3.63) is 70.3 Å². The monoisotopic (exact) mass is 372 g/mol. The Hall–Kier alpha value is -2.70. The van der Waals surface area contributed by atoms with Gasteiger partial charge in [-0.15, -0.1) is 11.3 Å². The number of benzene rings is 2. The highest BCUT2D eigenvalue weighted by molar-refractivity contribution is 7.14. The van der Waals surface area contributed by atoms with Crippen LogP contribution in [0.25, 0.3) is 22.4 Å². The summed E-state index contributed by atoms with van der Waals surface area (Å²) in [6.07, 6.45) is 0. The Kier molecular flexibility index (Phi) is 3.99. The smallest absolute Gasteiger partial charge is 0.258 e. The van der Waals surface area contributed by atoms with Crippen LogP contribution in [0.2, 0.25) is 5.02 Å². The molecule has 0 saturated carbocycles. The lowest BCUT2D eigenvalue weighted by Gasteiger charge is -2.03. The van der Waals surface area contributed by atoms with E-state index in [9.17, 15) is 9.18 Å². The van der Waals surface area contributed by atoms with Gasteiger partial charge in [-0.2, -0.15) is 0 Å². The molecule has 0 unspecified atom stereocenters. The molecule has 0 aliphatic heterocycles. The third kappa shape index (κ3) is 3.14. The minimum atomic E-state index is -0.497. The molecule has 1 N–H and O–H groups in total. The van der Waals surface area contributed by atoms with Gasteiger partial charge in [0.05, 0.1) is 10.6 Å². The van der Waals surface area contributed by atoms with E-state index in [4.69, 9.17) is 16.0 Å². The van der Waals surface area contributed by atoms with Gasteiger partial charge >= 0.3 is 0 Å². The van der Waals surface area contributed by atoms with Crippen molar-refractivity contribution in [1.29, 1.82) is 0 Å². The number of para-hydroxylation sites is 1. The maximum atomic E-state index is 13.1. The van der Waals surface area contributed by atoms with Crippen molar-refractivity contribution in [3.63, 3.8) is 0 Å². The summed E-state index contributed by atoms with van der Waals surface area (Å²) in [5, 5.41) is 5.89. The van der Waals surface area contributed by atoms with Crippen molar-refractivity contribution in [1.82, 2.24) is 4.98 Å². The van der Waals surface area contributed by atoms with Crippen LogP contribution in [0, 0.1) is 5.82 Å². The summed E-state index contributed by atoms with van der Waals surface area (Å²) in [6, 6.07) is 13.2. The topological polar surface area (TPSA) is 55.1 Å². The Labute approximate surface area is 150 Å². The molecule has 1 amide bonds. The van der Waals surface area contributed by atoms with E-state index in [0.29, 0.717) is 16.6 Å². The molecule has 0 saturated heterocycles. The number of carbonyl (C=O) groups is 1. The summed E-state index contributed by atoms with van der Waals surface area (Å²) in [5.41, 5.74) is 1.58. The third-order valence-electron chi connectivity index (χ3n) is 3.58. The van der Waals surface area contributed by atoms with Crippen molar-refractivity contribution in [3.8, 4) is 11.5 Å². The van der Waals surface area contributed by atoms with E-state index in [0.717, 1.165) is 17.0 Å². The standard InChI is InChI=1S/C18H10ClFN2O2S/c19-13-8-11(20)5-6-12(13)17(23)22-18-21-14(9-25-18)16-7-10-3-1-2-4-15(10)24-16/h1-9H,(H,21,22,23). The highest BCUT2D eigenvalue weighted by Gasteiger charge is 2.15. The van der Waals surface area contributed by atoms with E-state index >= 15 is 0 Å². The van der Waals surface area contributed by atoms with Crippen LogP contribution in [-0.2, 0) is 0 Å². The largest absolute Gasteiger partial charge is 0.454 e. The highest BCUT2D eigenvalue weighted by atomic mass is 35.5. The Morgan fingerprint density at radius 1 is 1.20 bits per heavy atom. The second-order valence-corrected chi connectivity index (χ2v) is 6.53. The first-order valence-corrected chi connectivity index (χ1v) is 8.57. The molecule has 0 atom stereocenters. The molecule has 0 radical (unpaired) electrons. The predicted molar refractivity (Wildman–Crippen MR) is 96.7 cm³/mol. The zero-order valence-electron chi connectivity index (χ0n) is 12.6. The fraction of sp³-hybridized carbons (Fsp3) is 0. The first-order chi connectivity index (χ1) is 12.1. The van der Waals surface area contributed by atoms with E-state index in [1.165, 1.54) is 23.5 Å². The zero-order valence-corrected chi connectivity index (χ0v) is 14.2. The van der Waals surface area contributed by atoms with Crippen molar-refractivity contribution in [2.45, 2.75) is 0 Å². The zero-order chi connectivity index (χ0) is 17.4. The molecule has 124 valence electrons. The highest BCUT2D eigenvalue weighted by Crippen LogP contribution is 2.30. The number of nitrogens with one attached hydrogen (secondary N) is 1. The number of aromatic nitrogens is 1. The fourth-order valence-corrected chi connectivity index (χ4v) is 3.34. The van der Waals surface area contributed by atoms with E-state index < -0.39 is 11.7 Å². The summed E-state index contributed by atoms with van der Waals surface area (Å²) in [4.78, 5) is 16.6. The van der Waals surface area contributed by atoms with Crippen molar-refractivity contribution >= 4 is 44.9 Å². The van der Waals surface area contributed by atoms with E-state index in [1.807, 2.05) is 30.3 Å². The lowest BCUT2D eigenvalue weighted by atomic mass is 10.2. The number of nitrogens with zero attached hydrogens (tertiary/aromatic N) is 1. The normalized spacial score (nSPS) is 11.0. The van der Waals surface area contributed by atoms with E-state index in [2.05, 4.69) is 10.3 Å². The van der Waals surface area contributed by atoms with Crippen LogP contribution in [0.1, 0.15) is 10.4 Å². The minimum Gasteiger partial charge on any atom is -0.454 e. The fourth-order valence-electron chi connectivity index (χ4n) is 2.39. The van der Waals surface area contributed by atoms with Gasteiger partial charge in [0.2, 0.25) is 0 Å². The molecular weight excluding hydrogens is 363 g/mol. The molecule has 0 spiro atoms. The number of anilines is 1.